The normalized spacial score (nSPS) is 18.1. The highest BCUT2D eigenvalue weighted by molar-refractivity contribution is 5.99. The van der Waals surface area contributed by atoms with Crippen LogP contribution in [0.3, 0.4) is 0 Å². The van der Waals surface area contributed by atoms with Crippen molar-refractivity contribution in [3.8, 4) is 5.75 Å². The zero-order chi connectivity index (χ0) is 17.4. The van der Waals surface area contributed by atoms with Crippen LogP contribution in [0.4, 0.5) is 5.69 Å². The summed E-state index contributed by atoms with van der Waals surface area (Å²) in [7, 11) is 0. The first-order chi connectivity index (χ1) is 10.6. The highest BCUT2D eigenvalue weighted by Gasteiger charge is 2.39. The van der Waals surface area contributed by atoms with Gasteiger partial charge in [-0.1, -0.05) is 0 Å². The van der Waals surface area contributed by atoms with E-state index in [0.717, 1.165) is 6.07 Å². The number of hydrogen-bond acceptors (Lipinski definition) is 4. The molecule has 7 heteroatoms. The zero-order valence-electron chi connectivity index (χ0n) is 13.3. The van der Waals surface area contributed by atoms with Crippen molar-refractivity contribution in [2.24, 2.45) is 5.92 Å². The van der Waals surface area contributed by atoms with Crippen LogP contribution in [0, 0.1) is 5.92 Å². The molecule has 0 radical (unpaired) electrons. The van der Waals surface area contributed by atoms with Gasteiger partial charge >= 0.3 is 5.97 Å². The van der Waals surface area contributed by atoms with Crippen LogP contribution in [-0.2, 0) is 9.59 Å². The van der Waals surface area contributed by atoms with Gasteiger partial charge < -0.3 is 20.4 Å². The number of anilines is 1. The Morgan fingerprint density at radius 3 is 2.43 bits per heavy atom. The van der Waals surface area contributed by atoms with Gasteiger partial charge in [0.05, 0.1) is 17.2 Å². The Morgan fingerprint density at radius 1 is 1.30 bits per heavy atom. The Balaban J connectivity index is 2.09. The minimum Gasteiger partial charge on any atom is -0.506 e. The summed E-state index contributed by atoms with van der Waals surface area (Å²) in [5.41, 5.74) is -0.297. The van der Waals surface area contributed by atoms with E-state index >= 15 is 0 Å². The van der Waals surface area contributed by atoms with Gasteiger partial charge in [-0.05, 0) is 39.0 Å². The number of nitrogens with one attached hydrogen (secondary N) is 1. The molecule has 0 aliphatic carbocycles. The predicted molar refractivity (Wildman–Crippen MR) is 83.3 cm³/mol. The van der Waals surface area contributed by atoms with Crippen LogP contribution < -0.4 is 5.32 Å². The van der Waals surface area contributed by atoms with Gasteiger partial charge in [-0.2, -0.15) is 0 Å². The van der Waals surface area contributed by atoms with Crippen molar-refractivity contribution in [1.82, 2.24) is 4.90 Å². The number of benzene rings is 1. The molecule has 1 heterocycles. The van der Waals surface area contributed by atoms with Gasteiger partial charge in [0, 0.05) is 18.5 Å². The second kappa shape index (κ2) is 5.91. The van der Waals surface area contributed by atoms with Crippen molar-refractivity contribution >= 4 is 23.5 Å². The molecule has 124 valence electrons. The molecule has 2 amide bonds. The smallest absolute Gasteiger partial charge is 0.335 e. The van der Waals surface area contributed by atoms with E-state index in [1.807, 2.05) is 20.8 Å². The number of phenolic OH excluding ortho intramolecular Hbond substituents is 1. The molecule has 1 atom stereocenters. The average molecular weight is 320 g/mol. The highest BCUT2D eigenvalue weighted by Crippen LogP contribution is 2.29. The number of likely N-dealkylation sites (tertiary alicyclic amines) is 1. The quantitative estimate of drug-likeness (QED) is 0.735. The molecule has 0 bridgehead atoms. The maximum Gasteiger partial charge on any atom is 0.335 e. The van der Waals surface area contributed by atoms with Crippen molar-refractivity contribution in [2.75, 3.05) is 11.9 Å². The van der Waals surface area contributed by atoms with E-state index in [1.54, 1.807) is 4.90 Å². The summed E-state index contributed by atoms with van der Waals surface area (Å²) in [6.07, 6.45) is 0.122. The number of aromatic hydroxyl groups is 1. The topological polar surface area (TPSA) is 107 Å². The summed E-state index contributed by atoms with van der Waals surface area (Å²) in [6.45, 7) is 6.03. The fraction of sp³-hybridized carbons (Fsp3) is 0.438. The van der Waals surface area contributed by atoms with Gasteiger partial charge in [0.25, 0.3) is 0 Å². The fourth-order valence-corrected chi connectivity index (χ4v) is 2.54. The van der Waals surface area contributed by atoms with E-state index in [-0.39, 0.29) is 40.8 Å². The van der Waals surface area contributed by atoms with Gasteiger partial charge in [-0.25, -0.2) is 4.79 Å². The van der Waals surface area contributed by atoms with Crippen molar-refractivity contribution in [3.05, 3.63) is 23.8 Å². The van der Waals surface area contributed by atoms with Gasteiger partial charge in [0.2, 0.25) is 11.8 Å². The van der Waals surface area contributed by atoms with Crippen LogP contribution in [0.1, 0.15) is 37.6 Å². The Kier molecular flexibility index (Phi) is 4.31. The number of nitrogens with zero attached hydrogens (tertiary/aromatic N) is 1. The van der Waals surface area contributed by atoms with Crippen molar-refractivity contribution < 1.29 is 24.6 Å². The summed E-state index contributed by atoms with van der Waals surface area (Å²) in [5.74, 6) is -2.44. The largest absolute Gasteiger partial charge is 0.506 e. The number of hydrogen-bond donors (Lipinski definition) is 3. The molecule has 2 rings (SSSR count). The van der Waals surface area contributed by atoms with Crippen molar-refractivity contribution in [1.29, 1.82) is 0 Å². The van der Waals surface area contributed by atoms with Gasteiger partial charge in [-0.3, -0.25) is 9.59 Å². The van der Waals surface area contributed by atoms with E-state index in [9.17, 15) is 19.5 Å². The molecule has 3 N–H and O–H groups in total. The van der Waals surface area contributed by atoms with E-state index in [2.05, 4.69) is 5.32 Å². The molecule has 0 saturated carbocycles. The third-order valence-electron chi connectivity index (χ3n) is 3.81. The molecule has 1 unspecified atom stereocenters. The summed E-state index contributed by atoms with van der Waals surface area (Å²) < 4.78 is 0. The lowest BCUT2D eigenvalue weighted by atomic mass is 10.1. The lowest BCUT2D eigenvalue weighted by Gasteiger charge is -2.31. The summed E-state index contributed by atoms with van der Waals surface area (Å²) >= 11 is 0. The molecule has 0 spiro atoms. The minimum atomic E-state index is -1.17. The van der Waals surface area contributed by atoms with Crippen LogP contribution in [-0.4, -0.2) is 45.0 Å². The number of phenols is 1. The van der Waals surface area contributed by atoms with Crippen LogP contribution in [0.2, 0.25) is 0 Å². The molecule has 1 saturated heterocycles. The van der Waals surface area contributed by atoms with Gasteiger partial charge in [-0.15, -0.1) is 0 Å². The zero-order valence-corrected chi connectivity index (χ0v) is 13.3. The Bertz CT molecular complexity index is 663. The first kappa shape index (κ1) is 16.8. The van der Waals surface area contributed by atoms with E-state index < -0.39 is 11.9 Å². The van der Waals surface area contributed by atoms with Crippen molar-refractivity contribution in [3.63, 3.8) is 0 Å². The maximum atomic E-state index is 12.3. The van der Waals surface area contributed by atoms with Crippen LogP contribution in [0.5, 0.6) is 5.75 Å². The molecule has 1 aromatic carbocycles. The maximum absolute atomic E-state index is 12.3. The molecule has 0 aromatic heterocycles. The van der Waals surface area contributed by atoms with Crippen LogP contribution in [0.15, 0.2) is 18.2 Å². The number of carboxylic acid groups (broad SMARTS) is 1. The molecule has 1 aliphatic rings. The Morgan fingerprint density at radius 2 is 1.96 bits per heavy atom. The summed E-state index contributed by atoms with van der Waals surface area (Å²) in [6, 6.07) is 3.69. The Hall–Kier alpha value is -2.57. The summed E-state index contributed by atoms with van der Waals surface area (Å²) in [5, 5.41) is 21.2. The third kappa shape index (κ3) is 3.61. The number of rotatable bonds is 3. The lowest BCUT2D eigenvalue weighted by Crippen LogP contribution is -2.42. The molecule has 1 fully saturated rings. The SMILES string of the molecule is CC(C)(C)N1CC(C(=O)Nc2ccc(C(=O)O)cc2O)CC1=O. The lowest BCUT2D eigenvalue weighted by molar-refractivity contribution is -0.131. The van der Waals surface area contributed by atoms with E-state index in [1.165, 1.54) is 12.1 Å². The molecular weight excluding hydrogens is 300 g/mol. The Labute approximate surface area is 133 Å². The first-order valence-corrected chi connectivity index (χ1v) is 7.27. The van der Waals surface area contributed by atoms with Crippen LogP contribution in [0.25, 0.3) is 0 Å². The predicted octanol–water partition coefficient (Wildman–Crippen LogP) is 1.68. The molecular formula is C16H20N2O5. The number of aromatic carboxylic acids is 1. The van der Waals surface area contributed by atoms with E-state index in [4.69, 9.17) is 5.11 Å². The first-order valence-electron chi connectivity index (χ1n) is 7.27. The third-order valence-corrected chi connectivity index (χ3v) is 3.81. The number of carboxylic acids is 1. The number of carbonyl (C=O) groups is 3. The second-order valence-electron chi connectivity index (χ2n) is 6.60. The number of amides is 2. The average Bonchev–Trinajstić information content (AvgIpc) is 2.83. The van der Waals surface area contributed by atoms with E-state index in [0.29, 0.717) is 6.54 Å². The number of carbonyl (C=O) groups excluding carboxylic acids is 2. The van der Waals surface area contributed by atoms with Gasteiger partial charge in [0.15, 0.2) is 0 Å². The second-order valence-corrected chi connectivity index (χ2v) is 6.60. The van der Waals surface area contributed by atoms with Gasteiger partial charge in [0.1, 0.15) is 5.75 Å². The molecule has 1 aliphatic heterocycles. The molecule has 7 nitrogen and oxygen atoms in total. The fourth-order valence-electron chi connectivity index (χ4n) is 2.54. The summed E-state index contributed by atoms with van der Waals surface area (Å²) in [4.78, 5) is 36.8. The van der Waals surface area contributed by atoms with Crippen LogP contribution >= 0.6 is 0 Å². The standard InChI is InChI=1S/C16H20N2O5/c1-16(2,3)18-8-10(7-13(18)20)14(21)17-11-5-4-9(15(22)23)6-12(11)19/h4-6,10,19H,7-8H2,1-3H3,(H,17,21)(H,22,23). The van der Waals surface area contributed by atoms with Crippen molar-refractivity contribution in [2.45, 2.75) is 32.7 Å². The highest BCUT2D eigenvalue weighted by atomic mass is 16.4. The molecule has 23 heavy (non-hydrogen) atoms. The monoisotopic (exact) mass is 320 g/mol. The molecule has 1 aromatic rings. The minimum absolute atomic E-state index is 0.0737.